The van der Waals surface area contributed by atoms with Gasteiger partial charge < -0.3 is 14.4 Å². The van der Waals surface area contributed by atoms with Gasteiger partial charge in [0.25, 0.3) is 5.91 Å². The number of sulfonamides is 1. The van der Waals surface area contributed by atoms with Crippen molar-refractivity contribution in [2.75, 3.05) is 18.1 Å². The average Bonchev–Trinajstić information content (AvgIpc) is 3.48. The first-order chi connectivity index (χ1) is 19.2. The second kappa shape index (κ2) is 11.3. The number of fused-ring (bicyclic) bond motifs is 2. The number of ether oxygens (including phenoxy) is 2. The van der Waals surface area contributed by atoms with Crippen LogP contribution in [-0.4, -0.2) is 38.4 Å². The van der Waals surface area contributed by atoms with Crippen LogP contribution in [0.2, 0.25) is 0 Å². The van der Waals surface area contributed by atoms with Crippen LogP contribution in [0, 0.1) is 6.92 Å². The van der Waals surface area contributed by atoms with Gasteiger partial charge >= 0.3 is 0 Å². The summed E-state index contributed by atoms with van der Waals surface area (Å²) in [5.74, 6) is 0.0158. The highest BCUT2D eigenvalue weighted by molar-refractivity contribution is 7.89. The molecule has 0 atom stereocenters. The highest BCUT2D eigenvalue weighted by Crippen LogP contribution is 2.46. The number of thiazole rings is 1. The van der Waals surface area contributed by atoms with E-state index in [2.05, 4.69) is 9.71 Å². The van der Waals surface area contributed by atoms with Crippen LogP contribution in [0.3, 0.4) is 0 Å². The fourth-order valence-corrected chi connectivity index (χ4v) is 6.76. The third-order valence-corrected chi connectivity index (χ3v) is 8.80. The lowest BCUT2D eigenvalue weighted by Gasteiger charge is -2.16. The summed E-state index contributed by atoms with van der Waals surface area (Å²) in [7, 11) is -3.91. The van der Waals surface area contributed by atoms with E-state index < -0.39 is 15.9 Å². The Hall–Kier alpha value is -3.96. The van der Waals surface area contributed by atoms with E-state index in [-0.39, 0.29) is 18.1 Å². The van der Waals surface area contributed by atoms with E-state index in [1.807, 2.05) is 38.1 Å². The summed E-state index contributed by atoms with van der Waals surface area (Å²) in [5, 5.41) is 1.70. The molecule has 0 saturated heterocycles. The molecule has 0 radical (unpaired) electrons. The molecule has 1 aliphatic rings. The first-order valence-corrected chi connectivity index (χ1v) is 15.4. The lowest BCUT2D eigenvalue weighted by atomic mass is 9.99. The summed E-state index contributed by atoms with van der Waals surface area (Å²) in [6.45, 7) is 6.70. The van der Waals surface area contributed by atoms with Crippen molar-refractivity contribution in [3.8, 4) is 11.5 Å². The van der Waals surface area contributed by atoms with Crippen LogP contribution in [0.15, 0.2) is 54.0 Å². The number of anilines is 1. The van der Waals surface area contributed by atoms with Gasteiger partial charge in [-0.2, -0.15) is 0 Å². The Morgan fingerprint density at radius 2 is 1.68 bits per heavy atom. The smallest absolute Gasteiger partial charge is 0.262 e. The third kappa shape index (κ3) is 5.39. The van der Waals surface area contributed by atoms with E-state index in [1.54, 1.807) is 41.6 Å². The Morgan fingerprint density at radius 1 is 1.02 bits per heavy atom. The van der Waals surface area contributed by atoms with Crippen molar-refractivity contribution in [1.82, 2.24) is 9.71 Å². The van der Waals surface area contributed by atoms with Crippen LogP contribution in [-0.2, 0) is 33.5 Å². The van der Waals surface area contributed by atoms with Gasteiger partial charge in [0.2, 0.25) is 15.9 Å². The SMILES string of the molecule is CCOc1c2c(c(OCC)c3ccccc13)C(=O)N(c1ccc(CS(=O)(=O)NC(=O)Cc3scnc3C)cc1)C2. The number of aromatic nitrogens is 1. The van der Waals surface area contributed by atoms with Gasteiger partial charge in [-0.3, -0.25) is 14.3 Å². The molecule has 9 nitrogen and oxygen atoms in total. The summed E-state index contributed by atoms with van der Waals surface area (Å²) >= 11 is 1.31. The molecule has 0 bridgehead atoms. The van der Waals surface area contributed by atoms with Crippen molar-refractivity contribution >= 4 is 49.6 Å². The normalized spacial score (nSPS) is 13.0. The second-order valence-electron chi connectivity index (χ2n) is 9.30. The third-order valence-electron chi connectivity index (χ3n) is 6.61. The minimum absolute atomic E-state index is 0.0468. The van der Waals surface area contributed by atoms with Crippen molar-refractivity contribution in [2.45, 2.75) is 39.5 Å². The lowest BCUT2D eigenvalue weighted by molar-refractivity contribution is -0.118. The molecule has 2 heterocycles. The van der Waals surface area contributed by atoms with Gasteiger partial charge in [0.15, 0.2) is 0 Å². The molecule has 0 fully saturated rings. The number of carbonyl (C=O) groups is 2. The number of rotatable bonds is 10. The number of aryl methyl sites for hydroxylation is 1. The van der Waals surface area contributed by atoms with Gasteiger partial charge in [-0.25, -0.2) is 13.4 Å². The quantitative estimate of drug-likeness (QED) is 0.288. The Bertz CT molecular complexity index is 1700. The van der Waals surface area contributed by atoms with Crippen LogP contribution in [0.5, 0.6) is 11.5 Å². The Labute approximate surface area is 236 Å². The van der Waals surface area contributed by atoms with Gasteiger partial charge in [-0.1, -0.05) is 36.4 Å². The summed E-state index contributed by atoms with van der Waals surface area (Å²) in [6, 6.07) is 14.4. The van der Waals surface area contributed by atoms with Crippen molar-refractivity contribution in [2.24, 2.45) is 0 Å². The minimum atomic E-state index is -3.91. The van der Waals surface area contributed by atoms with Crippen molar-refractivity contribution in [1.29, 1.82) is 0 Å². The minimum Gasteiger partial charge on any atom is -0.493 e. The topological polar surface area (TPSA) is 115 Å². The van der Waals surface area contributed by atoms with Gasteiger partial charge in [0.1, 0.15) is 11.5 Å². The Balaban J connectivity index is 1.37. The van der Waals surface area contributed by atoms with Gasteiger partial charge in [-0.05, 0) is 38.5 Å². The highest BCUT2D eigenvalue weighted by Gasteiger charge is 2.36. The molecule has 1 aliphatic heterocycles. The van der Waals surface area contributed by atoms with Crippen molar-refractivity contribution in [3.05, 3.63) is 81.3 Å². The van der Waals surface area contributed by atoms with Gasteiger partial charge in [-0.15, -0.1) is 11.3 Å². The number of carbonyl (C=O) groups excluding carboxylic acids is 2. The molecule has 0 unspecified atom stereocenters. The van der Waals surface area contributed by atoms with E-state index in [4.69, 9.17) is 9.47 Å². The Morgan fingerprint density at radius 3 is 2.30 bits per heavy atom. The lowest BCUT2D eigenvalue weighted by Crippen LogP contribution is -2.32. The van der Waals surface area contributed by atoms with Gasteiger partial charge in [0.05, 0.1) is 48.7 Å². The molecular formula is C29H29N3O6S2. The predicted octanol–water partition coefficient (Wildman–Crippen LogP) is 4.75. The first-order valence-electron chi connectivity index (χ1n) is 12.9. The second-order valence-corrected chi connectivity index (χ2v) is 12.0. The number of amides is 2. The largest absolute Gasteiger partial charge is 0.493 e. The maximum Gasteiger partial charge on any atom is 0.262 e. The zero-order chi connectivity index (χ0) is 28.4. The molecule has 4 aromatic rings. The molecular weight excluding hydrogens is 550 g/mol. The standard InChI is InChI=1S/C29H29N3O6S2/c1-4-37-27-21-8-6-7-9-22(21)28(38-5-2)26-23(27)15-32(29(26)34)20-12-10-19(11-13-20)16-40(35,36)31-25(33)14-24-18(3)30-17-39-24/h6-13,17H,4-5,14-16H2,1-3H3,(H,31,33). The molecule has 5 rings (SSSR count). The maximum absolute atomic E-state index is 13.7. The summed E-state index contributed by atoms with van der Waals surface area (Å²) in [6.07, 6.45) is -0.0468. The zero-order valence-corrected chi connectivity index (χ0v) is 24.0. The monoisotopic (exact) mass is 579 g/mol. The number of nitrogens with one attached hydrogen (secondary N) is 1. The molecule has 40 heavy (non-hydrogen) atoms. The summed E-state index contributed by atoms with van der Waals surface area (Å²) < 4.78 is 39.4. The van der Waals surface area contributed by atoms with Crippen molar-refractivity contribution in [3.63, 3.8) is 0 Å². The van der Waals surface area contributed by atoms with Crippen LogP contribution in [0.1, 0.15) is 45.9 Å². The van der Waals surface area contributed by atoms with Crippen LogP contribution in [0.4, 0.5) is 5.69 Å². The molecule has 0 aliphatic carbocycles. The molecule has 0 saturated carbocycles. The van der Waals surface area contributed by atoms with Crippen LogP contribution >= 0.6 is 11.3 Å². The molecule has 208 valence electrons. The first kappa shape index (κ1) is 27.6. The molecule has 11 heteroatoms. The number of hydrogen-bond acceptors (Lipinski definition) is 8. The number of hydrogen-bond donors (Lipinski definition) is 1. The van der Waals surface area contributed by atoms with E-state index in [9.17, 15) is 18.0 Å². The summed E-state index contributed by atoms with van der Waals surface area (Å²) in [5.41, 5.74) is 4.67. The molecule has 3 aromatic carbocycles. The molecule has 2 amide bonds. The van der Waals surface area contributed by atoms with Crippen LogP contribution in [0.25, 0.3) is 10.8 Å². The molecule has 0 spiro atoms. The molecule has 1 aromatic heterocycles. The van der Waals surface area contributed by atoms with Crippen LogP contribution < -0.4 is 19.1 Å². The maximum atomic E-state index is 13.7. The highest BCUT2D eigenvalue weighted by atomic mass is 32.2. The summed E-state index contributed by atoms with van der Waals surface area (Å²) in [4.78, 5) is 32.5. The van der Waals surface area contributed by atoms with E-state index in [1.165, 1.54) is 11.3 Å². The zero-order valence-electron chi connectivity index (χ0n) is 22.4. The van der Waals surface area contributed by atoms with E-state index >= 15 is 0 Å². The van der Waals surface area contributed by atoms with Crippen molar-refractivity contribution < 1.29 is 27.5 Å². The van der Waals surface area contributed by atoms with E-state index in [0.29, 0.717) is 53.8 Å². The fraction of sp³-hybridized carbons (Fsp3) is 0.276. The number of benzene rings is 3. The van der Waals surface area contributed by atoms with Gasteiger partial charge in [0, 0.05) is 26.9 Å². The average molecular weight is 580 g/mol. The fourth-order valence-electron chi connectivity index (χ4n) is 4.86. The Kier molecular flexibility index (Phi) is 7.77. The predicted molar refractivity (Wildman–Crippen MR) is 155 cm³/mol. The number of nitrogens with zero attached hydrogens (tertiary/aromatic N) is 2. The molecule has 1 N–H and O–H groups in total. The van der Waals surface area contributed by atoms with E-state index in [0.717, 1.165) is 21.2 Å².